The highest BCUT2D eigenvalue weighted by Gasteiger charge is 2.50. The lowest BCUT2D eigenvalue weighted by Gasteiger charge is -2.22. The van der Waals surface area contributed by atoms with Crippen LogP contribution < -0.4 is 16.0 Å². The SMILES string of the molecule is CCO/N=C(\C)C(=O)NC(COC)C(=O)NCC(=O)N[C@@H](CC(C)C)C(=O)[C@@]1(C)CO1. The Morgan fingerprint density at radius 1 is 1.16 bits per heavy atom. The number of methoxy groups -OCH3 is 1. The van der Waals surface area contributed by atoms with E-state index in [4.69, 9.17) is 14.3 Å². The fraction of sp³-hybridized carbons (Fsp3) is 0.750. The minimum atomic E-state index is -1.04. The molecule has 1 aliphatic rings. The molecule has 1 aliphatic heterocycles. The second-order valence-electron chi connectivity index (χ2n) is 7.93. The molecular formula is C20H34N4O7. The Balaban J connectivity index is 2.63. The van der Waals surface area contributed by atoms with Gasteiger partial charge in [0, 0.05) is 7.11 Å². The predicted molar refractivity (Wildman–Crippen MR) is 112 cm³/mol. The first-order chi connectivity index (χ1) is 14.5. The molecule has 1 rings (SSSR count). The summed E-state index contributed by atoms with van der Waals surface area (Å²) in [4.78, 5) is 54.3. The summed E-state index contributed by atoms with van der Waals surface area (Å²) in [7, 11) is 1.38. The van der Waals surface area contributed by atoms with Crippen LogP contribution in [0.4, 0.5) is 0 Å². The number of carbonyl (C=O) groups is 4. The van der Waals surface area contributed by atoms with Gasteiger partial charge in [-0.2, -0.15) is 0 Å². The van der Waals surface area contributed by atoms with E-state index in [0.29, 0.717) is 19.6 Å². The maximum atomic E-state index is 12.6. The number of Topliss-reactive ketones (excluding diaryl/α,β-unsaturated/α-hetero) is 1. The first-order valence-corrected chi connectivity index (χ1v) is 10.3. The number of epoxide rings is 1. The van der Waals surface area contributed by atoms with E-state index >= 15 is 0 Å². The Labute approximate surface area is 182 Å². The zero-order valence-electron chi connectivity index (χ0n) is 19.1. The van der Waals surface area contributed by atoms with Crippen LogP contribution in [0.2, 0.25) is 0 Å². The average Bonchev–Trinajstić information content (AvgIpc) is 3.46. The van der Waals surface area contributed by atoms with Gasteiger partial charge in [-0.15, -0.1) is 0 Å². The lowest BCUT2D eigenvalue weighted by Crippen LogP contribution is -2.54. The number of rotatable bonds is 14. The Kier molecular flexibility index (Phi) is 10.6. The molecule has 1 heterocycles. The number of amides is 3. The van der Waals surface area contributed by atoms with Gasteiger partial charge in [-0.25, -0.2) is 0 Å². The number of hydrogen-bond acceptors (Lipinski definition) is 8. The van der Waals surface area contributed by atoms with Crippen LogP contribution in [-0.4, -0.2) is 80.4 Å². The summed E-state index contributed by atoms with van der Waals surface area (Å²) in [6.45, 7) is 8.90. The van der Waals surface area contributed by atoms with Crippen LogP contribution in [0.5, 0.6) is 0 Å². The number of ketones is 1. The van der Waals surface area contributed by atoms with E-state index < -0.39 is 35.4 Å². The number of oxime groups is 1. The normalized spacial score (nSPS) is 19.9. The molecule has 3 amide bonds. The summed E-state index contributed by atoms with van der Waals surface area (Å²) in [6.07, 6.45) is 0.457. The van der Waals surface area contributed by atoms with Crippen molar-refractivity contribution in [3.8, 4) is 0 Å². The number of ether oxygens (including phenoxy) is 2. The third kappa shape index (κ3) is 9.01. The standard InChI is InChI=1S/C20H34N4O7/c1-7-31-24-13(4)18(27)23-15(10-29-6)19(28)21-9-16(25)22-14(8-12(2)3)17(26)20(5)11-30-20/h12,14-15H,7-11H2,1-6H3,(H,21,28)(H,22,25)(H,23,27)/b24-13+/t14-,15?,20+/m0/s1. The quantitative estimate of drug-likeness (QED) is 0.187. The van der Waals surface area contributed by atoms with Gasteiger partial charge < -0.3 is 30.3 Å². The minimum absolute atomic E-state index is 0.0410. The van der Waals surface area contributed by atoms with Gasteiger partial charge in [0.2, 0.25) is 11.8 Å². The molecule has 0 radical (unpaired) electrons. The molecule has 3 atom stereocenters. The monoisotopic (exact) mass is 442 g/mol. The Hall–Kier alpha value is -2.53. The largest absolute Gasteiger partial charge is 0.396 e. The van der Waals surface area contributed by atoms with E-state index in [1.165, 1.54) is 14.0 Å². The fourth-order valence-electron chi connectivity index (χ4n) is 2.67. The van der Waals surface area contributed by atoms with Crippen LogP contribution in [0.25, 0.3) is 0 Å². The van der Waals surface area contributed by atoms with Gasteiger partial charge in [0.1, 0.15) is 24.0 Å². The molecule has 1 unspecified atom stereocenters. The highest BCUT2D eigenvalue weighted by atomic mass is 16.6. The summed E-state index contributed by atoms with van der Waals surface area (Å²) in [5, 5.41) is 11.2. The number of carbonyl (C=O) groups excluding carboxylic acids is 4. The molecule has 31 heavy (non-hydrogen) atoms. The van der Waals surface area contributed by atoms with Crippen molar-refractivity contribution in [2.24, 2.45) is 11.1 Å². The molecule has 0 saturated carbocycles. The second-order valence-corrected chi connectivity index (χ2v) is 7.93. The Bertz CT molecular complexity index is 689. The third-order valence-electron chi connectivity index (χ3n) is 4.49. The van der Waals surface area contributed by atoms with Gasteiger partial charge in [0.25, 0.3) is 5.91 Å². The molecule has 0 aliphatic carbocycles. The maximum Gasteiger partial charge on any atom is 0.269 e. The van der Waals surface area contributed by atoms with Crippen LogP contribution in [-0.2, 0) is 33.5 Å². The molecule has 1 saturated heterocycles. The molecule has 176 valence electrons. The van der Waals surface area contributed by atoms with Crippen LogP contribution in [0.15, 0.2) is 5.16 Å². The van der Waals surface area contributed by atoms with E-state index in [1.807, 2.05) is 13.8 Å². The summed E-state index contributed by atoms with van der Waals surface area (Å²) in [5.74, 6) is -1.74. The zero-order valence-corrected chi connectivity index (χ0v) is 19.1. The van der Waals surface area contributed by atoms with Crippen LogP contribution in [0.1, 0.15) is 41.0 Å². The highest BCUT2D eigenvalue weighted by molar-refractivity contribution is 6.38. The summed E-state index contributed by atoms with van der Waals surface area (Å²) in [5.41, 5.74) is -0.815. The third-order valence-corrected chi connectivity index (χ3v) is 4.49. The first kappa shape index (κ1) is 26.5. The first-order valence-electron chi connectivity index (χ1n) is 10.3. The van der Waals surface area contributed by atoms with E-state index in [-0.39, 0.29) is 30.6 Å². The van der Waals surface area contributed by atoms with E-state index in [9.17, 15) is 19.2 Å². The zero-order chi connectivity index (χ0) is 23.6. The second kappa shape index (κ2) is 12.4. The summed E-state index contributed by atoms with van der Waals surface area (Å²) < 4.78 is 10.2. The van der Waals surface area contributed by atoms with Gasteiger partial charge in [0.05, 0.1) is 25.8 Å². The Morgan fingerprint density at radius 3 is 2.32 bits per heavy atom. The van der Waals surface area contributed by atoms with Crippen molar-refractivity contribution in [2.75, 3.05) is 33.5 Å². The number of hydrogen-bond donors (Lipinski definition) is 3. The fourth-order valence-corrected chi connectivity index (χ4v) is 2.67. The molecule has 0 aromatic rings. The highest BCUT2D eigenvalue weighted by Crippen LogP contribution is 2.29. The van der Waals surface area contributed by atoms with Gasteiger partial charge >= 0.3 is 0 Å². The molecule has 0 aromatic carbocycles. The molecule has 11 heteroatoms. The summed E-state index contributed by atoms with van der Waals surface area (Å²) in [6, 6.07) is -1.74. The van der Waals surface area contributed by atoms with Crippen LogP contribution >= 0.6 is 0 Å². The molecular weight excluding hydrogens is 408 g/mol. The van der Waals surface area contributed by atoms with E-state index in [1.54, 1.807) is 13.8 Å². The van der Waals surface area contributed by atoms with E-state index in [0.717, 1.165) is 0 Å². The topological polar surface area (TPSA) is 148 Å². The number of nitrogens with zero attached hydrogens (tertiary/aromatic N) is 1. The van der Waals surface area contributed by atoms with Crippen molar-refractivity contribution in [3.63, 3.8) is 0 Å². The van der Waals surface area contributed by atoms with Gasteiger partial charge in [0.15, 0.2) is 5.78 Å². The molecule has 3 N–H and O–H groups in total. The smallest absolute Gasteiger partial charge is 0.269 e. The molecule has 11 nitrogen and oxygen atoms in total. The van der Waals surface area contributed by atoms with Gasteiger partial charge in [-0.05, 0) is 33.1 Å². The minimum Gasteiger partial charge on any atom is -0.396 e. The predicted octanol–water partition coefficient (Wildman–Crippen LogP) is -0.465. The van der Waals surface area contributed by atoms with Crippen molar-refractivity contribution in [1.29, 1.82) is 0 Å². The van der Waals surface area contributed by atoms with E-state index in [2.05, 4.69) is 21.1 Å². The molecule has 0 aromatic heterocycles. The maximum absolute atomic E-state index is 12.6. The van der Waals surface area contributed by atoms with Crippen molar-refractivity contribution >= 4 is 29.2 Å². The average molecular weight is 443 g/mol. The molecule has 0 spiro atoms. The van der Waals surface area contributed by atoms with Crippen LogP contribution in [0.3, 0.4) is 0 Å². The van der Waals surface area contributed by atoms with Crippen molar-refractivity contribution in [3.05, 3.63) is 0 Å². The van der Waals surface area contributed by atoms with Crippen molar-refractivity contribution < 1.29 is 33.5 Å². The lowest BCUT2D eigenvalue weighted by atomic mass is 9.93. The van der Waals surface area contributed by atoms with Gasteiger partial charge in [-0.3, -0.25) is 19.2 Å². The Morgan fingerprint density at radius 2 is 1.81 bits per heavy atom. The van der Waals surface area contributed by atoms with Gasteiger partial charge in [-0.1, -0.05) is 19.0 Å². The van der Waals surface area contributed by atoms with Crippen molar-refractivity contribution in [1.82, 2.24) is 16.0 Å². The lowest BCUT2D eigenvalue weighted by molar-refractivity contribution is -0.132. The van der Waals surface area contributed by atoms with Crippen LogP contribution in [0, 0.1) is 5.92 Å². The summed E-state index contributed by atoms with van der Waals surface area (Å²) >= 11 is 0. The number of nitrogens with one attached hydrogen (secondary N) is 3. The van der Waals surface area contributed by atoms with Crippen molar-refractivity contribution in [2.45, 2.75) is 58.7 Å². The molecule has 0 bridgehead atoms. The molecule has 1 fully saturated rings.